The molecule has 0 N–H and O–H groups in total. The van der Waals surface area contributed by atoms with E-state index in [0.717, 1.165) is 24.2 Å². The van der Waals surface area contributed by atoms with E-state index in [9.17, 15) is 0 Å². The summed E-state index contributed by atoms with van der Waals surface area (Å²) in [6.45, 7) is 5.98. The molecular weight excluding hydrogens is 190 g/mol. The molecule has 1 aliphatic carbocycles. The lowest BCUT2D eigenvalue weighted by atomic mass is 10.3. The lowest BCUT2D eigenvalue weighted by Gasteiger charge is -2.13. The van der Waals surface area contributed by atoms with E-state index in [2.05, 4.69) is 4.98 Å². The monoisotopic (exact) mass is 207 g/mol. The van der Waals surface area contributed by atoms with Crippen molar-refractivity contribution in [2.45, 2.75) is 45.8 Å². The van der Waals surface area contributed by atoms with Crippen molar-refractivity contribution in [3.8, 4) is 11.6 Å². The molecule has 0 atom stereocenters. The Bertz CT molecular complexity index is 345. The first kappa shape index (κ1) is 10.3. The third-order valence-electron chi connectivity index (χ3n) is 2.12. The topological polar surface area (TPSA) is 31.4 Å². The molecule has 82 valence electrons. The predicted octanol–water partition coefficient (Wildman–Crippen LogP) is 2.72. The summed E-state index contributed by atoms with van der Waals surface area (Å²) in [5.74, 6) is 1.40. The highest BCUT2D eigenvalue weighted by molar-refractivity contribution is 5.36. The van der Waals surface area contributed by atoms with Crippen molar-refractivity contribution in [2.24, 2.45) is 0 Å². The zero-order valence-electron chi connectivity index (χ0n) is 9.49. The molecule has 1 aromatic heterocycles. The molecule has 1 aliphatic rings. The van der Waals surface area contributed by atoms with Gasteiger partial charge in [0, 0.05) is 6.20 Å². The van der Waals surface area contributed by atoms with E-state index in [4.69, 9.17) is 9.47 Å². The van der Waals surface area contributed by atoms with Crippen molar-refractivity contribution in [3.63, 3.8) is 0 Å². The van der Waals surface area contributed by atoms with Gasteiger partial charge in [0.2, 0.25) is 0 Å². The molecule has 0 bridgehead atoms. The molecule has 0 amide bonds. The Kier molecular flexibility index (Phi) is 2.80. The van der Waals surface area contributed by atoms with E-state index >= 15 is 0 Å². The quantitative estimate of drug-likeness (QED) is 0.760. The smallest absolute Gasteiger partial charge is 0.257 e. The third-order valence-corrected chi connectivity index (χ3v) is 2.12. The van der Waals surface area contributed by atoms with Crippen LogP contribution in [0.4, 0.5) is 0 Å². The maximum Gasteiger partial charge on any atom is 0.257 e. The van der Waals surface area contributed by atoms with Crippen LogP contribution in [-0.2, 0) is 0 Å². The van der Waals surface area contributed by atoms with Crippen molar-refractivity contribution >= 4 is 0 Å². The second-order valence-electron chi connectivity index (χ2n) is 4.30. The first-order chi connectivity index (χ1) is 7.15. The van der Waals surface area contributed by atoms with Gasteiger partial charge in [-0.2, -0.15) is 0 Å². The van der Waals surface area contributed by atoms with Gasteiger partial charge in [-0.15, -0.1) is 0 Å². The molecule has 1 saturated carbocycles. The summed E-state index contributed by atoms with van der Waals surface area (Å²) in [6.07, 6.45) is 4.60. The Morgan fingerprint density at radius 3 is 2.73 bits per heavy atom. The summed E-state index contributed by atoms with van der Waals surface area (Å²) in [5.41, 5.74) is 1.10. The lowest BCUT2D eigenvalue weighted by Crippen LogP contribution is -2.09. The van der Waals surface area contributed by atoms with E-state index in [-0.39, 0.29) is 6.10 Å². The molecule has 0 radical (unpaired) electrons. The van der Waals surface area contributed by atoms with Crippen molar-refractivity contribution in [1.82, 2.24) is 4.98 Å². The number of ether oxygens (including phenoxy) is 2. The zero-order chi connectivity index (χ0) is 10.8. The highest BCUT2D eigenvalue weighted by atomic mass is 16.5. The van der Waals surface area contributed by atoms with Gasteiger partial charge in [0.05, 0.1) is 12.2 Å². The van der Waals surface area contributed by atoms with Crippen LogP contribution < -0.4 is 9.47 Å². The maximum absolute atomic E-state index is 5.75. The Morgan fingerprint density at radius 1 is 1.40 bits per heavy atom. The molecule has 1 fully saturated rings. The number of hydrogen-bond acceptors (Lipinski definition) is 3. The van der Waals surface area contributed by atoms with E-state index < -0.39 is 0 Å². The highest BCUT2D eigenvalue weighted by Gasteiger charge is 2.25. The number of nitrogens with zero attached hydrogens (tertiary/aromatic N) is 1. The molecule has 0 spiro atoms. The fourth-order valence-electron chi connectivity index (χ4n) is 1.29. The minimum atomic E-state index is 0.127. The Labute approximate surface area is 90.4 Å². The fourth-order valence-corrected chi connectivity index (χ4v) is 1.29. The van der Waals surface area contributed by atoms with Crippen LogP contribution in [0.3, 0.4) is 0 Å². The summed E-state index contributed by atoms with van der Waals surface area (Å²) in [6, 6.07) is 1.99. The van der Waals surface area contributed by atoms with Gasteiger partial charge in [0.25, 0.3) is 5.88 Å². The number of hydrogen-bond donors (Lipinski definition) is 0. The van der Waals surface area contributed by atoms with Crippen LogP contribution in [0.1, 0.15) is 32.3 Å². The van der Waals surface area contributed by atoms with Crippen molar-refractivity contribution in [1.29, 1.82) is 0 Å². The molecule has 0 aromatic carbocycles. The van der Waals surface area contributed by atoms with Crippen LogP contribution in [0.5, 0.6) is 11.6 Å². The number of aryl methyl sites for hydroxylation is 1. The summed E-state index contributed by atoms with van der Waals surface area (Å²) < 4.78 is 11.3. The molecule has 15 heavy (non-hydrogen) atoms. The molecule has 0 saturated heterocycles. The van der Waals surface area contributed by atoms with E-state index in [1.54, 1.807) is 6.20 Å². The van der Waals surface area contributed by atoms with Crippen LogP contribution in [0, 0.1) is 6.92 Å². The average Bonchev–Trinajstić information content (AvgIpc) is 2.93. The summed E-state index contributed by atoms with van der Waals surface area (Å²) in [7, 11) is 0. The molecule has 1 aromatic rings. The average molecular weight is 207 g/mol. The van der Waals surface area contributed by atoms with Gasteiger partial charge in [0.15, 0.2) is 5.75 Å². The number of pyridine rings is 1. The molecule has 2 rings (SSSR count). The van der Waals surface area contributed by atoms with Gasteiger partial charge >= 0.3 is 0 Å². The molecule has 0 unspecified atom stereocenters. The zero-order valence-corrected chi connectivity index (χ0v) is 9.49. The molecule has 0 aliphatic heterocycles. The Hall–Kier alpha value is -1.25. The first-order valence-corrected chi connectivity index (χ1v) is 5.45. The standard InChI is InChI=1S/C12H17NO2/c1-8(2)14-12-11(15-10-4-5-10)6-9(3)7-13-12/h6-8,10H,4-5H2,1-3H3. The van der Waals surface area contributed by atoms with Gasteiger partial charge in [-0.25, -0.2) is 4.98 Å². The van der Waals surface area contributed by atoms with E-state index in [0.29, 0.717) is 12.0 Å². The van der Waals surface area contributed by atoms with Crippen molar-refractivity contribution in [3.05, 3.63) is 17.8 Å². The van der Waals surface area contributed by atoms with Crippen LogP contribution in [0.15, 0.2) is 12.3 Å². The van der Waals surface area contributed by atoms with Crippen molar-refractivity contribution in [2.75, 3.05) is 0 Å². The molecule has 1 heterocycles. The second kappa shape index (κ2) is 4.09. The number of rotatable bonds is 4. The largest absolute Gasteiger partial charge is 0.485 e. The SMILES string of the molecule is Cc1cnc(OC(C)C)c(OC2CC2)c1. The minimum absolute atomic E-state index is 0.127. The van der Waals surface area contributed by atoms with E-state index in [1.165, 1.54) is 0 Å². The summed E-state index contributed by atoms with van der Waals surface area (Å²) in [4.78, 5) is 4.25. The van der Waals surface area contributed by atoms with Crippen LogP contribution in [-0.4, -0.2) is 17.2 Å². The Morgan fingerprint density at radius 2 is 2.13 bits per heavy atom. The molecule has 3 nitrogen and oxygen atoms in total. The van der Waals surface area contributed by atoms with Crippen molar-refractivity contribution < 1.29 is 9.47 Å². The second-order valence-corrected chi connectivity index (χ2v) is 4.30. The summed E-state index contributed by atoms with van der Waals surface area (Å²) in [5, 5.41) is 0. The van der Waals surface area contributed by atoms with E-state index in [1.807, 2.05) is 26.8 Å². The van der Waals surface area contributed by atoms with Gasteiger partial charge in [-0.1, -0.05) is 0 Å². The van der Waals surface area contributed by atoms with Gasteiger partial charge in [-0.05, 0) is 45.2 Å². The first-order valence-electron chi connectivity index (χ1n) is 5.45. The lowest BCUT2D eigenvalue weighted by molar-refractivity contribution is 0.208. The number of aromatic nitrogens is 1. The van der Waals surface area contributed by atoms with Gasteiger partial charge < -0.3 is 9.47 Å². The van der Waals surface area contributed by atoms with Gasteiger partial charge in [0.1, 0.15) is 0 Å². The molecular formula is C12H17NO2. The van der Waals surface area contributed by atoms with Gasteiger partial charge in [-0.3, -0.25) is 0 Å². The van der Waals surface area contributed by atoms with Crippen LogP contribution in [0.2, 0.25) is 0 Å². The normalized spacial score (nSPS) is 15.5. The van der Waals surface area contributed by atoms with Crippen LogP contribution in [0.25, 0.3) is 0 Å². The predicted molar refractivity (Wildman–Crippen MR) is 58.4 cm³/mol. The maximum atomic E-state index is 5.75. The third kappa shape index (κ3) is 2.85. The Balaban J connectivity index is 2.17. The molecule has 3 heteroatoms. The van der Waals surface area contributed by atoms with Crippen LogP contribution >= 0.6 is 0 Å². The fraction of sp³-hybridized carbons (Fsp3) is 0.583. The minimum Gasteiger partial charge on any atom is -0.485 e. The summed E-state index contributed by atoms with van der Waals surface area (Å²) >= 11 is 0. The highest BCUT2D eigenvalue weighted by Crippen LogP contribution is 2.33.